The van der Waals surface area contributed by atoms with Crippen molar-refractivity contribution in [3.8, 4) is 0 Å². The average molecular weight is 421 g/mol. The maximum atomic E-state index is 12.8. The van der Waals surface area contributed by atoms with Crippen molar-refractivity contribution in [2.75, 3.05) is 6.61 Å². The van der Waals surface area contributed by atoms with Gasteiger partial charge < -0.3 is 10.2 Å². The number of hydrogen-bond acceptors (Lipinski definition) is 4. The van der Waals surface area contributed by atoms with Crippen LogP contribution in [-0.4, -0.2) is 37.8 Å². The van der Waals surface area contributed by atoms with Gasteiger partial charge in [0.15, 0.2) is 0 Å². The Morgan fingerprint density at radius 3 is 2.47 bits per heavy atom. The fourth-order valence-electron chi connectivity index (χ4n) is 3.53. The maximum absolute atomic E-state index is 12.8. The molecule has 0 bridgehead atoms. The van der Waals surface area contributed by atoms with Crippen LogP contribution in [0.25, 0.3) is 11.0 Å². The Bertz CT molecular complexity index is 1030. The third-order valence-corrected chi connectivity index (χ3v) is 5.24. The number of nitrogens with zero attached hydrogens (tertiary/aromatic N) is 3. The second kappa shape index (κ2) is 8.83. The van der Waals surface area contributed by atoms with E-state index in [-0.39, 0.29) is 18.9 Å². The predicted molar refractivity (Wildman–Crippen MR) is 104 cm³/mol. The summed E-state index contributed by atoms with van der Waals surface area (Å²) in [5.41, 5.74) is 3.11. The lowest BCUT2D eigenvalue weighted by atomic mass is 9.94. The molecule has 0 aliphatic carbocycles. The van der Waals surface area contributed by atoms with Gasteiger partial charge in [0.2, 0.25) is 0 Å². The summed E-state index contributed by atoms with van der Waals surface area (Å²) in [6, 6.07) is 8.60. The van der Waals surface area contributed by atoms with Gasteiger partial charge in [0.1, 0.15) is 5.52 Å². The van der Waals surface area contributed by atoms with Crippen molar-refractivity contribution in [2.45, 2.75) is 44.8 Å². The number of aliphatic carboxylic acids is 1. The number of hydrogen-bond donors (Lipinski definition) is 2. The first-order valence-corrected chi connectivity index (χ1v) is 9.52. The van der Waals surface area contributed by atoms with Crippen molar-refractivity contribution in [1.82, 2.24) is 15.0 Å². The van der Waals surface area contributed by atoms with E-state index in [1.807, 2.05) is 19.1 Å². The molecule has 0 aliphatic rings. The van der Waals surface area contributed by atoms with Gasteiger partial charge in [-0.2, -0.15) is 13.2 Å². The van der Waals surface area contributed by atoms with Gasteiger partial charge in [-0.25, -0.2) is 4.68 Å². The molecule has 0 amide bonds. The molecule has 3 aromatic rings. The number of fused-ring (bicyclic) bond motifs is 1. The van der Waals surface area contributed by atoms with E-state index in [1.165, 1.54) is 12.1 Å². The standard InChI is InChI=1S/C21H22F3N3O3/c1-13-14(5-9-19(29)30)4-8-18-20(13)25-26-27(18)12-16(10-11-28)15-2-6-17(7-3-15)21(22,23)24/h2-4,6-8,16,28H,5,9-12H2,1H3,(H,29,30). The summed E-state index contributed by atoms with van der Waals surface area (Å²) < 4.78 is 40.1. The lowest BCUT2D eigenvalue weighted by Gasteiger charge is -2.18. The molecular weight excluding hydrogens is 399 g/mol. The monoisotopic (exact) mass is 421 g/mol. The van der Waals surface area contributed by atoms with Crippen LogP contribution in [0, 0.1) is 6.92 Å². The Hall–Kier alpha value is -2.94. The summed E-state index contributed by atoms with van der Waals surface area (Å²) in [5.74, 6) is -1.12. The highest BCUT2D eigenvalue weighted by Crippen LogP contribution is 2.31. The summed E-state index contributed by atoms with van der Waals surface area (Å²) in [7, 11) is 0. The van der Waals surface area contributed by atoms with Gasteiger partial charge in [-0.05, 0) is 54.7 Å². The highest BCUT2D eigenvalue weighted by atomic mass is 19.4. The normalized spacial score (nSPS) is 13.0. The number of aliphatic hydroxyl groups excluding tert-OH is 1. The molecule has 0 saturated heterocycles. The van der Waals surface area contributed by atoms with E-state index in [0.29, 0.717) is 30.5 Å². The quantitative estimate of drug-likeness (QED) is 0.575. The Balaban J connectivity index is 1.86. The van der Waals surface area contributed by atoms with E-state index in [9.17, 15) is 23.1 Å². The summed E-state index contributed by atoms with van der Waals surface area (Å²) in [5, 5.41) is 26.7. The van der Waals surface area contributed by atoms with E-state index >= 15 is 0 Å². The SMILES string of the molecule is Cc1c(CCC(=O)O)ccc2c1nnn2CC(CCO)c1ccc(C(F)(F)F)cc1. The number of carboxylic acid groups (broad SMARTS) is 1. The highest BCUT2D eigenvalue weighted by Gasteiger charge is 2.30. The Kier molecular flexibility index (Phi) is 6.40. The fraction of sp³-hybridized carbons (Fsp3) is 0.381. The highest BCUT2D eigenvalue weighted by molar-refractivity contribution is 5.79. The molecule has 2 N–H and O–H groups in total. The van der Waals surface area contributed by atoms with Crippen molar-refractivity contribution in [3.63, 3.8) is 0 Å². The molecule has 0 aliphatic heterocycles. The fourth-order valence-corrected chi connectivity index (χ4v) is 3.53. The van der Waals surface area contributed by atoms with Crippen LogP contribution in [0.1, 0.15) is 41.0 Å². The molecule has 1 atom stereocenters. The van der Waals surface area contributed by atoms with Gasteiger partial charge in [0.05, 0.1) is 17.6 Å². The van der Waals surface area contributed by atoms with Gasteiger partial charge in [-0.15, -0.1) is 5.10 Å². The summed E-state index contributed by atoms with van der Waals surface area (Å²) >= 11 is 0. The number of rotatable bonds is 8. The number of aromatic nitrogens is 3. The third-order valence-electron chi connectivity index (χ3n) is 5.24. The van der Waals surface area contributed by atoms with Crippen molar-refractivity contribution in [2.24, 2.45) is 0 Å². The van der Waals surface area contributed by atoms with Gasteiger partial charge in [-0.1, -0.05) is 23.4 Å². The number of benzene rings is 2. The second-order valence-electron chi connectivity index (χ2n) is 7.21. The minimum atomic E-state index is -4.40. The number of carbonyl (C=O) groups is 1. The number of aliphatic hydroxyl groups is 1. The number of aryl methyl sites for hydroxylation is 2. The molecule has 0 fully saturated rings. The molecule has 1 aromatic heterocycles. The Labute approximate surface area is 170 Å². The Morgan fingerprint density at radius 1 is 1.17 bits per heavy atom. The van der Waals surface area contributed by atoms with Crippen LogP contribution < -0.4 is 0 Å². The van der Waals surface area contributed by atoms with Crippen LogP contribution in [0.3, 0.4) is 0 Å². The number of alkyl halides is 3. The van der Waals surface area contributed by atoms with Crippen LogP contribution in [0.15, 0.2) is 36.4 Å². The van der Waals surface area contributed by atoms with Gasteiger partial charge in [0.25, 0.3) is 0 Å². The molecule has 9 heteroatoms. The van der Waals surface area contributed by atoms with Gasteiger partial charge in [0, 0.05) is 18.9 Å². The van der Waals surface area contributed by atoms with Crippen molar-refractivity contribution in [1.29, 1.82) is 0 Å². The average Bonchev–Trinajstić information content (AvgIpc) is 3.10. The minimum Gasteiger partial charge on any atom is -0.481 e. The largest absolute Gasteiger partial charge is 0.481 e. The van der Waals surface area contributed by atoms with Crippen LogP contribution >= 0.6 is 0 Å². The topological polar surface area (TPSA) is 88.2 Å². The summed E-state index contributed by atoms with van der Waals surface area (Å²) in [4.78, 5) is 10.8. The molecule has 0 radical (unpaired) electrons. The van der Waals surface area contributed by atoms with E-state index < -0.39 is 17.7 Å². The third kappa shape index (κ3) is 4.79. The zero-order chi connectivity index (χ0) is 21.9. The molecule has 1 heterocycles. The van der Waals surface area contributed by atoms with Crippen LogP contribution in [0.4, 0.5) is 13.2 Å². The van der Waals surface area contributed by atoms with E-state index in [4.69, 9.17) is 5.11 Å². The molecule has 0 saturated carbocycles. The maximum Gasteiger partial charge on any atom is 0.416 e. The molecule has 2 aromatic carbocycles. The first kappa shape index (κ1) is 21.8. The molecule has 3 rings (SSSR count). The molecule has 30 heavy (non-hydrogen) atoms. The molecule has 6 nitrogen and oxygen atoms in total. The van der Waals surface area contributed by atoms with Crippen molar-refractivity contribution in [3.05, 3.63) is 58.7 Å². The number of carboxylic acids is 1. The van der Waals surface area contributed by atoms with E-state index in [1.54, 1.807) is 4.68 Å². The Morgan fingerprint density at radius 2 is 1.87 bits per heavy atom. The van der Waals surface area contributed by atoms with Gasteiger partial charge >= 0.3 is 12.1 Å². The predicted octanol–water partition coefficient (Wildman–Crippen LogP) is 3.94. The lowest BCUT2D eigenvalue weighted by molar-refractivity contribution is -0.138. The number of halogens is 3. The molecular formula is C21H22F3N3O3. The summed E-state index contributed by atoms with van der Waals surface area (Å²) in [6.45, 7) is 2.09. The van der Waals surface area contributed by atoms with E-state index in [0.717, 1.165) is 28.8 Å². The summed E-state index contributed by atoms with van der Waals surface area (Å²) in [6.07, 6.45) is -3.62. The molecule has 0 spiro atoms. The van der Waals surface area contributed by atoms with Crippen LogP contribution in [0.5, 0.6) is 0 Å². The first-order valence-electron chi connectivity index (χ1n) is 9.52. The second-order valence-corrected chi connectivity index (χ2v) is 7.21. The van der Waals surface area contributed by atoms with Gasteiger partial charge in [-0.3, -0.25) is 4.79 Å². The molecule has 1 unspecified atom stereocenters. The van der Waals surface area contributed by atoms with Crippen molar-refractivity contribution < 1.29 is 28.2 Å². The zero-order valence-electron chi connectivity index (χ0n) is 16.4. The van der Waals surface area contributed by atoms with Crippen molar-refractivity contribution >= 4 is 17.0 Å². The van der Waals surface area contributed by atoms with Crippen LogP contribution in [-0.2, 0) is 23.9 Å². The van der Waals surface area contributed by atoms with E-state index in [2.05, 4.69) is 10.3 Å². The minimum absolute atomic E-state index is 0.0208. The van der Waals surface area contributed by atoms with Crippen LogP contribution in [0.2, 0.25) is 0 Å². The smallest absolute Gasteiger partial charge is 0.416 e. The molecule has 160 valence electrons. The lowest BCUT2D eigenvalue weighted by Crippen LogP contribution is -2.13. The first-order chi connectivity index (χ1) is 14.2. The zero-order valence-corrected chi connectivity index (χ0v) is 16.4.